The van der Waals surface area contributed by atoms with E-state index in [1.165, 1.54) is 76.2 Å². The Morgan fingerprint density at radius 1 is 0.825 bits per heavy atom. The quantitative estimate of drug-likeness (QED) is 0.110. The van der Waals surface area contributed by atoms with Crippen molar-refractivity contribution in [2.24, 2.45) is 0 Å². The lowest BCUT2D eigenvalue weighted by Crippen LogP contribution is -3.00. The highest BCUT2D eigenvalue weighted by Gasteiger charge is 2.09. The number of amides is 1. The summed E-state index contributed by atoms with van der Waals surface area (Å²) < 4.78 is 19.3. The van der Waals surface area contributed by atoms with Gasteiger partial charge in [0.05, 0.1) is 13.7 Å². The number of unbranched alkanes of at least 4 members (excludes halogenated alkanes) is 11. The molecule has 7 heteroatoms. The monoisotopic (exact) mass is 668 g/mol. The number of rotatable bonds is 23. The molecule has 0 spiro atoms. The van der Waals surface area contributed by atoms with Gasteiger partial charge in [0.15, 0.2) is 30.5 Å². The molecule has 2 aromatic rings. The molecule has 1 aromatic carbocycles. The molecular formula is C33H53IN2O4. The first-order chi connectivity index (χ1) is 19.2. The van der Waals surface area contributed by atoms with E-state index in [2.05, 4.69) is 48.3 Å². The van der Waals surface area contributed by atoms with Gasteiger partial charge in [-0.3, -0.25) is 4.79 Å². The number of nitrogens with zero attached hydrogens (tertiary/aromatic N) is 1. The Labute approximate surface area is 260 Å². The van der Waals surface area contributed by atoms with Crippen molar-refractivity contribution in [2.75, 3.05) is 26.9 Å². The Morgan fingerprint density at radius 3 is 2.15 bits per heavy atom. The van der Waals surface area contributed by atoms with Crippen molar-refractivity contribution < 1.29 is 47.5 Å². The van der Waals surface area contributed by atoms with Crippen molar-refractivity contribution in [3.8, 4) is 17.2 Å². The zero-order valence-corrected chi connectivity index (χ0v) is 27.4. The van der Waals surface area contributed by atoms with Gasteiger partial charge < -0.3 is 43.5 Å². The maximum Gasteiger partial charge on any atom is 0.257 e. The summed E-state index contributed by atoms with van der Waals surface area (Å²) in [5.74, 6) is 1.78. The van der Waals surface area contributed by atoms with E-state index >= 15 is 0 Å². The molecule has 1 aromatic heterocycles. The number of methoxy groups -OCH3 is 1. The van der Waals surface area contributed by atoms with Gasteiger partial charge in [0.1, 0.15) is 12.3 Å². The highest BCUT2D eigenvalue weighted by atomic mass is 127. The van der Waals surface area contributed by atoms with Gasteiger partial charge in [0.2, 0.25) is 0 Å². The molecule has 0 aliphatic rings. The lowest BCUT2D eigenvalue weighted by Gasteiger charge is -2.13. The summed E-state index contributed by atoms with van der Waals surface area (Å²) in [5, 5.41) is 2.93. The molecule has 0 unspecified atom stereocenters. The number of carbonyl (C=O) groups is 1. The van der Waals surface area contributed by atoms with Crippen LogP contribution < -0.4 is 48.1 Å². The summed E-state index contributed by atoms with van der Waals surface area (Å²) in [6.07, 6.45) is 22.0. The van der Waals surface area contributed by atoms with Crippen molar-refractivity contribution in [1.29, 1.82) is 0 Å². The number of aryl methyl sites for hydroxylation is 1. The Bertz CT molecular complexity index is 925. The van der Waals surface area contributed by atoms with Gasteiger partial charge >= 0.3 is 0 Å². The first-order valence-corrected chi connectivity index (χ1v) is 15.3. The Morgan fingerprint density at radius 2 is 1.50 bits per heavy atom. The Hall–Kier alpha value is -2.03. The standard InChI is InChI=1S/C33H52N2O4.HI/c1-4-6-7-8-9-10-11-12-13-14-15-16-25-38-31-20-19-30(26-32(31)37-3)39-28-33(36)34-22-21-29-18-17-24-35(27-29)23-5-2;/h17-20,24,26-27H,4-16,21-23,25,28H2,1-3H3;1H. The first kappa shape index (κ1) is 36.0. The predicted octanol–water partition coefficient (Wildman–Crippen LogP) is 4.21. The summed E-state index contributed by atoms with van der Waals surface area (Å²) in [6.45, 7) is 6.65. The molecule has 0 radical (unpaired) electrons. The second-order valence-electron chi connectivity index (χ2n) is 10.4. The maximum atomic E-state index is 12.2. The smallest absolute Gasteiger partial charge is 0.257 e. The molecule has 226 valence electrons. The average Bonchev–Trinajstić information content (AvgIpc) is 2.95. The number of carbonyl (C=O) groups excluding carboxylic acids is 1. The third-order valence-electron chi connectivity index (χ3n) is 6.90. The number of benzene rings is 1. The van der Waals surface area contributed by atoms with Crippen LogP contribution >= 0.6 is 0 Å². The first-order valence-electron chi connectivity index (χ1n) is 15.3. The molecule has 1 N–H and O–H groups in total. The SMILES string of the molecule is CCCCCCCCCCCCCCOc1ccc(OCC(=O)NCCc2ccc[n+](CCC)c2)cc1OC.[I-]. The van der Waals surface area contributed by atoms with Crippen molar-refractivity contribution >= 4 is 5.91 Å². The minimum absolute atomic E-state index is 0. The molecular weight excluding hydrogens is 615 g/mol. The van der Waals surface area contributed by atoms with Gasteiger partial charge in [-0.2, -0.15) is 0 Å². The number of nitrogens with one attached hydrogen (secondary N) is 1. The molecule has 40 heavy (non-hydrogen) atoms. The minimum Gasteiger partial charge on any atom is -1.00 e. The van der Waals surface area contributed by atoms with Crippen LogP contribution in [0.5, 0.6) is 17.2 Å². The zero-order chi connectivity index (χ0) is 28.0. The van der Waals surface area contributed by atoms with Gasteiger partial charge in [-0.05, 0) is 31.0 Å². The van der Waals surface area contributed by atoms with Crippen LogP contribution in [0.2, 0.25) is 0 Å². The number of hydrogen-bond donors (Lipinski definition) is 1. The average molecular weight is 669 g/mol. The highest BCUT2D eigenvalue weighted by molar-refractivity contribution is 5.77. The summed E-state index contributed by atoms with van der Waals surface area (Å²) in [7, 11) is 1.62. The van der Waals surface area contributed by atoms with Crippen molar-refractivity contribution in [2.45, 2.75) is 110 Å². The molecule has 6 nitrogen and oxygen atoms in total. The summed E-state index contributed by atoms with van der Waals surface area (Å²) in [5.41, 5.74) is 1.20. The van der Waals surface area contributed by atoms with E-state index in [0.29, 0.717) is 30.4 Å². The van der Waals surface area contributed by atoms with Crippen molar-refractivity contribution in [3.05, 3.63) is 48.3 Å². The van der Waals surface area contributed by atoms with Crippen LogP contribution in [0.4, 0.5) is 0 Å². The van der Waals surface area contributed by atoms with Gasteiger partial charge in [0, 0.05) is 30.7 Å². The summed E-state index contributed by atoms with van der Waals surface area (Å²) in [4.78, 5) is 12.2. The van der Waals surface area contributed by atoms with Gasteiger partial charge in [-0.1, -0.05) is 84.5 Å². The van der Waals surface area contributed by atoms with Crippen LogP contribution in [-0.2, 0) is 17.8 Å². The Kier molecular flexibility index (Phi) is 21.3. The van der Waals surface area contributed by atoms with E-state index in [9.17, 15) is 4.79 Å². The third kappa shape index (κ3) is 16.3. The van der Waals surface area contributed by atoms with E-state index in [4.69, 9.17) is 14.2 Å². The van der Waals surface area contributed by atoms with Crippen LogP contribution in [0.1, 0.15) is 103 Å². The lowest BCUT2D eigenvalue weighted by atomic mass is 10.1. The van der Waals surface area contributed by atoms with Crippen LogP contribution in [0.3, 0.4) is 0 Å². The molecule has 0 atom stereocenters. The number of ether oxygens (including phenoxy) is 3. The second-order valence-corrected chi connectivity index (χ2v) is 10.4. The summed E-state index contributed by atoms with van der Waals surface area (Å²) in [6, 6.07) is 9.59. The highest BCUT2D eigenvalue weighted by Crippen LogP contribution is 2.31. The van der Waals surface area contributed by atoms with Crippen LogP contribution in [0.15, 0.2) is 42.7 Å². The van der Waals surface area contributed by atoms with E-state index in [1.807, 2.05) is 12.1 Å². The maximum absolute atomic E-state index is 12.2. The largest absolute Gasteiger partial charge is 1.00 e. The molecule has 1 heterocycles. The minimum atomic E-state index is -0.140. The zero-order valence-electron chi connectivity index (χ0n) is 25.2. The van der Waals surface area contributed by atoms with E-state index in [1.54, 1.807) is 13.2 Å². The third-order valence-corrected chi connectivity index (χ3v) is 6.90. The number of halogens is 1. The van der Waals surface area contributed by atoms with E-state index < -0.39 is 0 Å². The molecule has 0 bridgehead atoms. The molecule has 0 fully saturated rings. The second kappa shape index (κ2) is 23.7. The number of aromatic nitrogens is 1. The topological polar surface area (TPSA) is 60.7 Å². The number of pyridine rings is 1. The fourth-order valence-electron chi connectivity index (χ4n) is 4.65. The molecule has 0 aliphatic heterocycles. The predicted molar refractivity (Wildman–Crippen MR) is 159 cm³/mol. The van der Waals surface area contributed by atoms with Crippen LogP contribution in [-0.4, -0.2) is 32.8 Å². The fraction of sp³-hybridized carbons (Fsp3) is 0.636. The van der Waals surface area contributed by atoms with Gasteiger partial charge in [-0.15, -0.1) is 0 Å². The van der Waals surface area contributed by atoms with E-state index in [-0.39, 0.29) is 36.5 Å². The van der Waals surface area contributed by atoms with Gasteiger partial charge in [0.25, 0.3) is 5.91 Å². The number of hydrogen-bond acceptors (Lipinski definition) is 4. The molecule has 2 rings (SSSR count). The van der Waals surface area contributed by atoms with E-state index in [0.717, 1.165) is 25.8 Å². The van der Waals surface area contributed by atoms with Crippen molar-refractivity contribution in [1.82, 2.24) is 5.32 Å². The molecule has 1 amide bonds. The normalized spacial score (nSPS) is 10.6. The fourth-order valence-corrected chi connectivity index (χ4v) is 4.65. The molecule has 0 aliphatic carbocycles. The van der Waals surface area contributed by atoms with Crippen molar-refractivity contribution in [3.63, 3.8) is 0 Å². The summed E-state index contributed by atoms with van der Waals surface area (Å²) >= 11 is 0. The Balaban J connectivity index is 0.00000800. The van der Waals surface area contributed by atoms with Crippen LogP contribution in [0.25, 0.3) is 0 Å². The molecule has 0 saturated heterocycles. The molecule has 0 saturated carbocycles. The van der Waals surface area contributed by atoms with Gasteiger partial charge in [-0.25, -0.2) is 4.57 Å². The van der Waals surface area contributed by atoms with Crippen LogP contribution in [0, 0.1) is 0 Å². The lowest BCUT2D eigenvalue weighted by molar-refractivity contribution is -0.697.